The summed E-state index contributed by atoms with van der Waals surface area (Å²) in [5.74, 6) is 0.430. The van der Waals surface area contributed by atoms with E-state index in [9.17, 15) is 9.59 Å². The third kappa shape index (κ3) is 7.13. The van der Waals surface area contributed by atoms with Crippen molar-refractivity contribution in [2.75, 3.05) is 13.2 Å². The Hall–Kier alpha value is -1.88. The van der Waals surface area contributed by atoms with Crippen LogP contribution in [0.15, 0.2) is 24.3 Å². The Morgan fingerprint density at radius 2 is 1.75 bits per heavy atom. The van der Waals surface area contributed by atoms with Crippen LogP contribution in [0, 0.1) is 11.8 Å². The number of hydrogen-bond donors (Lipinski definition) is 2. The molecule has 0 aliphatic rings. The van der Waals surface area contributed by atoms with Crippen molar-refractivity contribution < 1.29 is 19.4 Å². The Kier molecular flexibility index (Phi) is 8.47. The quantitative estimate of drug-likeness (QED) is 0.606. The number of hydrogen-bond acceptors (Lipinski definition) is 4. The van der Waals surface area contributed by atoms with E-state index >= 15 is 0 Å². The Balaban J connectivity index is 2.43. The molecule has 0 aromatic heterocycles. The summed E-state index contributed by atoms with van der Waals surface area (Å²) in [6.45, 7) is 8.99. The van der Waals surface area contributed by atoms with Gasteiger partial charge in [0.05, 0.1) is 6.61 Å². The van der Waals surface area contributed by atoms with E-state index in [4.69, 9.17) is 9.84 Å². The molecule has 0 saturated heterocycles. The van der Waals surface area contributed by atoms with Gasteiger partial charge in [0.15, 0.2) is 5.78 Å². The van der Waals surface area contributed by atoms with E-state index in [1.165, 1.54) is 0 Å². The molecule has 0 unspecified atom stereocenters. The van der Waals surface area contributed by atoms with Crippen LogP contribution >= 0.6 is 0 Å². The van der Waals surface area contributed by atoms with Gasteiger partial charge in [-0.1, -0.05) is 27.7 Å². The number of carboxylic acid groups (broad SMARTS) is 1. The average Bonchev–Trinajstić information content (AvgIpc) is 2.50. The van der Waals surface area contributed by atoms with Crippen molar-refractivity contribution in [3.63, 3.8) is 0 Å². The summed E-state index contributed by atoms with van der Waals surface area (Å²) in [5, 5.41) is 12.0. The summed E-state index contributed by atoms with van der Waals surface area (Å²) in [5.41, 5.74) is 0.615. The molecule has 134 valence electrons. The first-order valence-electron chi connectivity index (χ1n) is 8.53. The van der Waals surface area contributed by atoms with Crippen LogP contribution in [-0.4, -0.2) is 36.1 Å². The molecule has 2 N–H and O–H groups in total. The van der Waals surface area contributed by atoms with Crippen LogP contribution in [0.2, 0.25) is 0 Å². The van der Waals surface area contributed by atoms with Crippen LogP contribution in [0.5, 0.6) is 5.75 Å². The Morgan fingerprint density at radius 3 is 2.25 bits per heavy atom. The second-order valence-corrected chi connectivity index (χ2v) is 6.74. The number of rotatable bonds is 11. The van der Waals surface area contributed by atoms with Gasteiger partial charge in [0.2, 0.25) is 0 Å². The highest BCUT2D eigenvalue weighted by Crippen LogP contribution is 2.14. The van der Waals surface area contributed by atoms with Crippen molar-refractivity contribution in [3.8, 4) is 5.75 Å². The molecule has 5 heteroatoms. The van der Waals surface area contributed by atoms with E-state index in [2.05, 4.69) is 19.2 Å². The van der Waals surface area contributed by atoms with Gasteiger partial charge in [-0.15, -0.1) is 0 Å². The monoisotopic (exact) mass is 335 g/mol. The molecule has 0 radical (unpaired) electrons. The van der Waals surface area contributed by atoms with Crippen LogP contribution in [0.4, 0.5) is 0 Å². The lowest BCUT2D eigenvalue weighted by Gasteiger charge is -2.17. The number of carboxylic acids is 1. The Morgan fingerprint density at radius 1 is 1.12 bits per heavy atom. The van der Waals surface area contributed by atoms with E-state index in [1.54, 1.807) is 24.3 Å². The summed E-state index contributed by atoms with van der Waals surface area (Å²) in [7, 11) is 0. The summed E-state index contributed by atoms with van der Waals surface area (Å²) in [4.78, 5) is 23.2. The third-order valence-corrected chi connectivity index (χ3v) is 3.79. The van der Waals surface area contributed by atoms with Gasteiger partial charge in [0, 0.05) is 18.5 Å². The van der Waals surface area contributed by atoms with Gasteiger partial charge in [-0.25, -0.2) is 0 Å². The minimum atomic E-state index is -0.889. The van der Waals surface area contributed by atoms with Crippen LogP contribution in [0.3, 0.4) is 0 Å². The van der Waals surface area contributed by atoms with Crippen molar-refractivity contribution in [2.24, 2.45) is 11.8 Å². The first kappa shape index (κ1) is 20.2. The van der Waals surface area contributed by atoms with Crippen molar-refractivity contribution in [3.05, 3.63) is 29.8 Å². The van der Waals surface area contributed by atoms with Gasteiger partial charge in [0.1, 0.15) is 11.8 Å². The number of aliphatic carboxylic acids is 1. The first-order chi connectivity index (χ1) is 11.3. The fourth-order valence-electron chi connectivity index (χ4n) is 2.24. The zero-order chi connectivity index (χ0) is 18.1. The van der Waals surface area contributed by atoms with Crippen LogP contribution in [0.1, 0.15) is 50.9 Å². The summed E-state index contributed by atoms with van der Waals surface area (Å²) >= 11 is 0. The van der Waals surface area contributed by atoms with Crippen LogP contribution in [0.25, 0.3) is 0 Å². The van der Waals surface area contributed by atoms with Crippen LogP contribution in [-0.2, 0) is 4.79 Å². The second-order valence-electron chi connectivity index (χ2n) is 6.74. The minimum absolute atomic E-state index is 0.0101. The highest BCUT2D eigenvalue weighted by Gasteiger charge is 2.20. The van der Waals surface area contributed by atoms with E-state index in [1.807, 2.05) is 13.8 Å². The standard InChI is InChI=1S/C19H29NO4/c1-13(2)10-12-24-16-7-5-15(6-8-16)17(21)9-11-20-18(14(3)4)19(22)23/h5-8,13-14,18,20H,9-12H2,1-4H3,(H,22,23)/t18-/m0/s1. The molecule has 1 aromatic rings. The molecular formula is C19H29NO4. The van der Waals surface area contributed by atoms with Crippen LogP contribution < -0.4 is 10.1 Å². The lowest BCUT2D eigenvalue weighted by molar-refractivity contribution is -0.140. The molecule has 24 heavy (non-hydrogen) atoms. The molecule has 0 spiro atoms. The summed E-state index contributed by atoms with van der Waals surface area (Å²) in [6, 6.07) is 6.48. The fraction of sp³-hybridized carbons (Fsp3) is 0.579. The maximum Gasteiger partial charge on any atom is 0.320 e. The number of nitrogens with one attached hydrogen (secondary N) is 1. The molecule has 1 aromatic carbocycles. The van der Waals surface area contributed by atoms with Crippen molar-refractivity contribution in [1.29, 1.82) is 0 Å². The van der Waals surface area contributed by atoms with Gasteiger partial charge >= 0.3 is 5.97 Å². The molecule has 1 atom stereocenters. The maximum atomic E-state index is 12.2. The number of benzene rings is 1. The van der Waals surface area contributed by atoms with E-state index in [-0.39, 0.29) is 18.1 Å². The normalized spacial score (nSPS) is 12.4. The summed E-state index contributed by atoms with van der Waals surface area (Å²) < 4.78 is 5.63. The number of carbonyl (C=O) groups is 2. The molecule has 0 fully saturated rings. The predicted octanol–water partition coefficient (Wildman–Crippen LogP) is 3.38. The van der Waals surface area contributed by atoms with Gasteiger partial charge in [-0.05, 0) is 42.5 Å². The topological polar surface area (TPSA) is 75.6 Å². The first-order valence-corrected chi connectivity index (χ1v) is 8.53. The lowest BCUT2D eigenvalue weighted by Crippen LogP contribution is -2.41. The fourth-order valence-corrected chi connectivity index (χ4v) is 2.24. The number of ether oxygens (including phenoxy) is 1. The van der Waals surface area contributed by atoms with Crippen molar-refractivity contribution in [2.45, 2.75) is 46.6 Å². The molecule has 0 bridgehead atoms. The Bertz CT molecular complexity index is 523. The van der Waals surface area contributed by atoms with E-state index in [0.717, 1.165) is 12.2 Å². The zero-order valence-electron chi connectivity index (χ0n) is 15.0. The zero-order valence-corrected chi connectivity index (χ0v) is 15.0. The Labute approximate surface area is 144 Å². The highest BCUT2D eigenvalue weighted by atomic mass is 16.5. The van der Waals surface area contributed by atoms with Gasteiger partial charge in [-0.2, -0.15) is 0 Å². The van der Waals surface area contributed by atoms with Crippen molar-refractivity contribution >= 4 is 11.8 Å². The summed E-state index contributed by atoms with van der Waals surface area (Å²) in [6.07, 6.45) is 1.26. The smallest absolute Gasteiger partial charge is 0.320 e. The van der Waals surface area contributed by atoms with Gasteiger partial charge in [0.25, 0.3) is 0 Å². The van der Waals surface area contributed by atoms with Crippen molar-refractivity contribution in [1.82, 2.24) is 5.32 Å². The highest BCUT2D eigenvalue weighted by molar-refractivity contribution is 5.96. The number of carbonyl (C=O) groups excluding carboxylic acids is 1. The predicted molar refractivity (Wildman–Crippen MR) is 94.6 cm³/mol. The largest absolute Gasteiger partial charge is 0.494 e. The number of ketones is 1. The lowest BCUT2D eigenvalue weighted by atomic mass is 10.0. The SMILES string of the molecule is CC(C)CCOc1ccc(C(=O)CCN[C@H](C(=O)O)C(C)C)cc1. The molecule has 0 saturated carbocycles. The van der Waals surface area contributed by atoms with E-state index < -0.39 is 12.0 Å². The molecule has 5 nitrogen and oxygen atoms in total. The van der Waals surface area contributed by atoms with E-state index in [0.29, 0.717) is 24.6 Å². The van der Waals surface area contributed by atoms with Gasteiger partial charge in [-0.3, -0.25) is 9.59 Å². The molecule has 1 rings (SSSR count). The minimum Gasteiger partial charge on any atom is -0.494 e. The third-order valence-electron chi connectivity index (χ3n) is 3.79. The van der Waals surface area contributed by atoms with Gasteiger partial charge < -0.3 is 15.2 Å². The molecule has 0 heterocycles. The molecule has 0 amide bonds. The number of Topliss-reactive ketones (excluding diaryl/α,β-unsaturated/α-hetero) is 1. The molecular weight excluding hydrogens is 306 g/mol. The maximum absolute atomic E-state index is 12.2. The average molecular weight is 335 g/mol. The molecule has 0 aliphatic heterocycles. The molecule has 0 aliphatic carbocycles. The second kappa shape index (κ2) is 10.1.